The maximum absolute atomic E-state index is 15.4. The molecule has 240 valence electrons. The first-order chi connectivity index (χ1) is 22.4. The number of likely N-dealkylation sites (N-methyl/N-ethyl adjacent to an activating group) is 1. The molecule has 2 aliphatic rings. The van der Waals surface area contributed by atoms with Gasteiger partial charge in [-0.3, -0.25) is 4.79 Å². The summed E-state index contributed by atoms with van der Waals surface area (Å²) in [7, 11) is 3.74. The van der Waals surface area contributed by atoms with Gasteiger partial charge in [0.2, 0.25) is 5.91 Å². The van der Waals surface area contributed by atoms with E-state index in [9.17, 15) is 4.79 Å². The minimum Gasteiger partial charge on any atom is -0.495 e. The summed E-state index contributed by atoms with van der Waals surface area (Å²) in [6.07, 6.45) is 7.14. The first-order valence-electron chi connectivity index (χ1n) is 15.5. The van der Waals surface area contributed by atoms with Crippen molar-refractivity contribution >= 4 is 39.8 Å². The topological polar surface area (TPSA) is 108 Å². The molecule has 6 rings (SSSR count). The number of nitrogens with one attached hydrogen (secondary N) is 2. The highest BCUT2D eigenvalue weighted by Gasteiger charge is 2.23. The van der Waals surface area contributed by atoms with Gasteiger partial charge >= 0.3 is 0 Å². The molecule has 0 aliphatic carbocycles. The molecule has 0 radical (unpaired) electrons. The predicted molar refractivity (Wildman–Crippen MR) is 178 cm³/mol. The molecule has 2 N–H and O–H groups in total. The molecule has 1 amide bonds. The molecule has 0 saturated carbocycles. The van der Waals surface area contributed by atoms with Gasteiger partial charge in [-0.25, -0.2) is 19.3 Å². The van der Waals surface area contributed by atoms with Gasteiger partial charge in [-0.1, -0.05) is 6.58 Å². The van der Waals surface area contributed by atoms with E-state index in [1.807, 2.05) is 18.2 Å². The van der Waals surface area contributed by atoms with Crippen LogP contribution in [0.2, 0.25) is 0 Å². The number of pyridine rings is 1. The Hall–Kier alpha value is -4.97. The molecule has 2 aliphatic heterocycles. The summed E-state index contributed by atoms with van der Waals surface area (Å²) in [6.45, 7) is 8.72. The molecule has 0 unspecified atom stereocenters. The van der Waals surface area contributed by atoms with Crippen LogP contribution in [0.15, 0.2) is 67.6 Å². The third-order valence-electron chi connectivity index (χ3n) is 8.49. The summed E-state index contributed by atoms with van der Waals surface area (Å²) in [4.78, 5) is 31.7. The number of methoxy groups -OCH3 is 1. The van der Waals surface area contributed by atoms with E-state index >= 15 is 4.39 Å². The number of benzene rings is 2. The molecular weight excluding hydrogens is 587 g/mol. The van der Waals surface area contributed by atoms with Crippen LogP contribution in [0.5, 0.6) is 17.2 Å². The minimum absolute atomic E-state index is 0.0514. The van der Waals surface area contributed by atoms with Crippen LogP contribution in [-0.2, 0) is 4.79 Å². The standard InChI is InChI=1S/C34H39FN8O3/c1-4-33(44)43-14-9-23(10-15-43)39-30-20-26-29(21-31(30)45-3)37-22-38-34(26)40-28-7-6-24(18-27(28)35)46-25-8-11-36-32(19-25)42-13-5-12-41(2)16-17-42/h4,6-8,11,18-23,39H,1,5,9-10,12-17H2,2-3H3,(H,37,38,40). The number of aromatic nitrogens is 3. The van der Waals surface area contributed by atoms with Crippen LogP contribution >= 0.6 is 0 Å². The zero-order valence-corrected chi connectivity index (χ0v) is 26.2. The van der Waals surface area contributed by atoms with E-state index in [1.54, 1.807) is 36.4 Å². The first kappa shape index (κ1) is 31.0. The predicted octanol–water partition coefficient (Wildman–Crippen LogP) is 5.44. The lowest BCUT2D eigenvalue weighted by Crippen LogP contribution is -2.41. The smallest absolute Gasteiger partial charge is 0.245 e. The summed E-state index contributed by atoms with van der Waals surface area (Å²) >= 11 is 0. The number of likely N-dealkylation sites (tertiary alicyclic amines) is 1. The van der Waals surface area contributed by atoms with Crippen LogP contribution in [-0.4, -0.2) is 90.1 Å². The van der Waals surface area contributed by atoms with Crippen molar-refractivity contribution in [3.63, 3.8) is 0 Å². The Morgan fingerprint density at radius 1 is 0.978 bits per heavy atom. The number of fused-ring (bicyclic) bond motifs is 1. The van der Waals surface area contributed by atoms with Crippen LogP contribution in [0, 0.1) is 5.82 Å². The number of nitrogens with zero attached hydrogens (tertiary/aromatic N) is 6. The Bertz CT molecular complexity index is 1710. The van der Waals surface area contributed by atoms with Gasteiger partial charge < -0.3 is 34.8 Å². The first-order valence-corrected chi connectivity index (χ1v) is 15.5. The highest BCUT2D eigenvalue weighted by atomic mass is 19.1. The lowest BCUT2D eigenvalue weighted by Gasteiger charge is -2.32. The van der Waals surface area contributed by atoms with E-state index in [1.165, 1.54) is 18.5 Å². The number of halogens is 1. The van der Waals surface area contributed by atoms with Crippen molar-refractivity contribution in [2.24, 2.45) is 0 Å². The number of amides is 1. The van der Waals surface area contributed by atoms with Crippen molar-refractivity contribution in [3.8, 4) is 17.2 Å². The Morgan fingerprint density at radius 2 is 1.80 bits per heavy atom. The largest absolute Gasteiger partial charge is 0.495 e. The van der Waals surface area contributed by atoms with Crippen LogP contribution in [0.3, 0.4) is 0 Å². The normalized spacial score (nSPS) is 16.2. The van der Waals surface area contributed by atoms with Gasteiger partial charge in [0.1, 0.15) is 41.0 Å². The number of hydrogen-bond acceptors (Lipinski definition) is 10. The maximum Gasteiger partial charge on any atom is 0.245 e. The molecule has 2 saturated heterocycles. The molecule has 0 atom stereocenters. The van der Waals surface area contributed by atoms with E-state index in [4.69, 9.17) is 9.47 Å². The Labute approximate surface area is 268 Å². The van der Waals surface area contributed by atoms with Crippen LogP contribution in [0.4, 0.5) is 27.4 Å². The van der Waals surface area contributed by atoms with Crippen molar-refractivity contribution in [1.29, 1.82) is 0 Å². The quantitative estimate of drug-likeness (QED) is 0.233. The number of carbonyl (C=O) groups excluding carboxylic acids is 1. The molecule has 2 aromatic heterocycles. The molecule has 2 fully saturated rings. The second-order valence-electron chi connectivity index (χ2n) is 11.6. The zero-order valence-electron chi connectivity index (χ0n) is 26.2. The van der Waals surface area contributed by atoms with Gasteiger partial charge in [0.05, 0.1) is 24.0 Å². The monoisotopic (exact) mass is 626 g/mol. The number of anilines is 4. The van der Waals surface area contributed by atoms with E-state index in [0.29, 0.717) is 47.1 Å². The molecule has 2 aromatic carbocycles. The van der Waals surface area contributed by atoms with Gasteiger partial charge in [-0.15, -0.1) is 0 Å². The number of carbonyl (C=O) groups is 1. The van der Waals surface area contributed by atoms with E-state index in [0.717, 1.165) is 56.9 Å². The van der Waals surface area contributed by atoms with Gasteiger partial charge in [0.15, 0.2) is 0 Å². The Kier molecular flexibility index (Phi) is 9.43. The summed E-state index contributed by atoms with van der Waals surface area (Å²) in [6, 6.07) is 12.3. The lowest BCUT2D eigenvalue weighted by atomic mass is 10.0. The van der Waals surface area contributed by atoms with E-state index < -0.39 is 5.82 Å². The molecule has 12 heteroatoms. The molecule has 11 nitrogen and oxygen atoms in total. The third kappa shape index (κ3) is 7.12. The highest BCUT2D eigenvalue weighted by Crippen LogP contribution is 2.35. The molecular formula is C34H39FN8O3. The second kappa shape index (κ2) is 14.0. The molecule has 0 spiro atoms. The van der Waals surface area contributed by atoms with Gasteiger partial charge in [-0.2, -0.15) is 0 Å². The Morgan fingerprint density at radius 3 is 2.59 bits per heavy atom. The van der Waals surface area contributed by atoms with E-state index in [2.05, 4.69) is 49.0 Å². The van der Waals surface area contributed by atoms with E-state index in [-0.39, 0.29) is 17.6 Å². The SMILES string of the molecule is C=CC(=O)N1CCC(Nc2cc3c(Nc4ccc(Oc5ccnc(N6CCCN(C)CC6)c5)cc4F)ncnc3cc2OC)CC1. The van der Waals surface area contributed by atoms with Crippen LogP contribution in [0.1, 0.15) is 19.3 Å². The highest BCUT2D eigenvalue weighted by molar-refractivity contribution is 5.95. The third-order valence-corrected chi connectivity index (χ3v) is 8.49. The van der Waals surface area contributed by atoms with Crippen molar-refractivity contribution in [3.05, 3.63) is 73.5 Å². The van der Waals surface area contributed by atoms with Crippen LogP contribution < -0.4 is 25.0 Å². The molecule has 46 heavy (non-hydrogen) atoms. The zero-order chi connectivity index (χ0) is 32.0. The second-order valence-corrected chi connectivity index (χ2v) is 11.6. The van der Waals surface area contributed by atoms with Gasteiger partial charge in [-0.05, 0) is 63.2 Å². The molecule has 4 aromatic rings. The van der Waals surface area contributed by atoms with Crippen molar-refractivity contribution < 1.29 is 18.7 Å². The summed E-state index contributed by atoms with van der Waals surface area (Å²) < 4.78 is 27.1. The number of rotatable bonds is 9. The van der Waals surface area contributed by atoms with Gasteiger partial charge in [0.25, 0.3) is 0 Å². The maximum atomic E-state index is 15.4. The Balaban J connectivity index is 1.17. The fraction of sp³-hybridized carbons (Fsp3) is 0.353. The van der Waals surface area contributed by atoms with Gasteiger partial charge in [0, 0.05) is 68.5 Å². The summed E-state index contributed by atoms with van der Waals surface area (Å²) in [5.41, 5.74) is 1.67. The van der Waals surface area contributed by atoms with Crippen LogP contribution in [0.25, 0.3) is 10.9 Å². The molecule has 0 bridgehead atoms. The number of hydrogen-bond donors (Lipinski definition) is 2. The fourth-order valence-electron chi connectivity index (χ4n) is 5.89. The summed E-state index contributed by atoms with van der Waals surface area (Å²) in [5.74, 6) is 2.37. The minimum atomic E-state index is -0.484. The van der Waals surface area contributed by atoms with Crippen molar-refractivity contribution in [2.45, 2.75) is 25.3 Å². The number of piperidine rings is 1. The summed E-state index contributed by atoms with van der Waals surface area (Å²) in [5, 5.41) is 7.40. The van der Waals surface area contributed by atoms with Crippen molar-refractivity contribution in [1.82, 2.24) is 24.8 Å². The lowest BCUT2D eigenvalue weighted by molar-refractivity contribution is -0.126. The number of ether oxygens (including phenoxy) is 2. The van der Waals surface area contributed by atoms with Crippen molar-refractivity contribution in [2.75, 3.05) is 69.0 Å². The average molecular weight is 627 g/mol. The fourth-order valence-corrected chi connectivity index (χ4v) is 5.89. The average Bonchev–Trinajstić information content (AvgIpc) is 3.30. The molecule has 4 heterocycles.